The van der Waals surface area contributed by atoms with Gasteiger partial charge in [-0.05, 0) is 24.3 Å². The summed E-state index contributed by atoms with van der Waals surface area (Å²) < 4.78 is 15.1. The molecule has 0 aliphatic heterocycles. The van der Waals surface area contributed by atoms with E-state index in [1.807, 2.05) is 34.9 Å². The number of aromatic nitrogens is 3. The van der Waals surface area contributed by atoms with Gasteiger partial charge in [0.05, 0.1) is 12.7 Å². The van der Waals surface area contributed by atoms with Crippen LogP contribution >= 0.6 is 11.8 Å². The average molecular weight is 345 g/mol. The van der Waals surface area contributed by atoms with Gasteiger partial charge in [-0.25, -0.2) is 4.39 Å². The van der Waals surface area contributed by atoms with E-state index in [0.29, 0.717) is 11.0 Å². The molecule has 2 aromatic carbocycles. The predicted molar refractivity (Wildman–Crippen MR) is 90.6 cm³/mol. The molecular formula is C17H16FN3O2S. The second-order valence-electron chi connectivity index (χ2n) is 5.13. The molecule has 0 aliphatic rings. The Morgan fingerprint density at radius 1 is 1.04 bits per heavy atom. The standard InChI is InChI=1S/C17H16FN3O2S/c18-13-6-8-14(9-7-13)21-16(12-4-2-1-3-5-12)19-20-17(21)24-11-15(23)10-22/h1-9,15,22-23H,10-11H2. The molecule has 1 aromatic heterocycles. The van der Waals surface area contributed by atoms with Crippen LogP contribution in [0.4, 0.5) is 4.39 Å². The van der Waals surface area contributed by atoms with Crippen LogP contribution in [0.2, 0.25) is 0 Å². The van der Waals surface area contributed by atoms with Gasteiger partial charge in [0, 0.05) is 17.0 Å². The maximum Gasteiger partial charge on any atom is 0.196 e. The molecule has 0 aliphatic carbocycles. The van der Waals surface area contributed by atoms with Crippen LogP contribution in [-0.2, 0) is 0 Å². The Morgan fingerprint density at radius 2 is 1.75 bits per heavy atom. The van der Waals surface area contributed by atoms with Crippen molar-refractivity contribution in [1.82, 2.24) is 14.8 Å². The maximum absolute atomic E-state index is 13.2. The van der Waals surface area contributed by atoms with Crippen molar-refractivity contribution in [1.29, 1.82) is 0 Å². The van der Waals surface area contributed by atoms with Gasteiger partial charge in [0.25, 0.3) is 0 Å². The van der Waals surface area contributed by atoms with E-state index in [1.54, 1.807) is 12.1 Å². The van der Waals surface area contributed by atoms with Crippen LogP contribution in [0.3, 0.4) is 0 Å². The molecule has 0 radical (unpaired) electrons. The molecule has 7 heteroatoms. The Kier molecular flexibility index (Phi) is 5.24. The molecule has 1 heterocycles. The highest BCUT2D eigenvalue weighted by Crippen LogP contribution is 2.28. The molecule has 0 bridgehead atoms. The van der Waals surface area contributed by atoms with Crippen LogP contribution in [0.25, 0.3) is 17.1 Å². The number of nitrogens with zero attached hydrogens (tertiary/aromatic N) is 3. The summed E-state index contributed by atoms with van der Waals surface area (Å²) in [5.74, 6) is 0.589. The Balaban J connectivity index is 2.03. The molecule has 2 N–H and O–H groups in total. The van der Waals surface area contributed by atoms with Crippen molar-refractivity contribution < 1.29 is 14.6 Å². The number of thioether (sulfide) groups is 1. The summed E-state index contributed by atoms with van der Waals surface area (Å²) in [5.41, 5.74) is 1.60. The van der Waals surface area contributed by atoms with E-state index in [-0.39, 0.29) is 18.2 Å². The monoisotopic (exact) mass is 345 g/mol. The predicted octanol–water partition coefficient (Wildman–Crippen LogP) is 2.52. The molecule has 3 aromatic rings. The summed E-state index contributed by atoms with van der Waals surface area (Å²) in [6.45, 7) is -0.316. The normalized spacial score (nSPS) is 12.3. The summed E-state index contributed by atoms with van der Waals surface area (Å²) in [4.78, 5) is 0. The Morgan fingerprint density at radius 3 is 2.42 bits per heavy atom. The van der Waals surface area contributed by atoms with Gasteiger partial charge in [-0.1, -0.05) is 42.1 Å². The quantitative estimate of drug-likeness (QED) is 0.672. The Bertz CT molecular complexity index is 793. The molecule has 124 valence electrons. The van der Waals surface area contributed by atoms with E-state index in [2.05, 4.69) is 10.2 Å². The highest BCUT2D eigenvalue weighted by atomic mass is 32.2. The molecule has 0 amide bonds. The minimum atomic E-state index is -0.839. The van der Waals surface area contributed by atoms with E-state index >= 15 is 0 Å². The number of hydrogen-bond acceptors (Lipinski definition) is 5. The van der Waals surface area contributed by atoms with Gasteiger partial charge in [-0.2, -0.15) is 0 Å². The summed E-state index contributed by atoms with van der Waals surface area (Å²) in [5, 5.41) is 27.5. The smallest absolute Gasteiger partial charge is 0.196 e. The molecule has 3 rings (SSSR count). The lowest BCUT2D eigenvalue weighted by Gasteiger charge is -2.11. The minimum Gasteiger partial charge on any atom is -0.394 e. The van der Waals surface area contributed by atoms with E-state index in [1.165, 1.54) is 23.9 Å². The van der Waals surface area contributed by atoms with Gasteiger partial charge in [-0.3, -0.25) is 4.57 Å². The number of hydrogen-bond donors (Lipinski definition) is 2. The molecule has 0 spiro atoms. The summed E-state index contributed by atoms with van der Waals surface area (Å²) in [7, 11) is 0. The van der Waals surface area contributed by atoms with Gasteiger partial charge in [0.15, 0.2) is 11.0 Å². The topological polar surface area (TPSA) is 71.2 Å². The summed E-state index contributed by atoms with van der Waals surface area (Å²) in [6, 6.07) is 15.6. The SMILES string of the molecule is OCC(O)CSc1nnc(-c2ccccc2)n1-c1ccc(F)cc1. The summed E-state index contributed by atoms with van der Waals surface area (Å²) in [6.07, 6.45) is -0.839. The Hall–Kier alpha value is -2.22. The van der Waals surface area contributed by atoms with E-state index < -0.39 is 6.10 Å². The fourth-order valence-corrected chi connectivity index (χ4v) is 3.05. The molecule has 0 saturated carbocycles. The highest BCUT2D eigenvalue weighted by Gasteiger charge is 2.17. The van der Waals surface area contributed by atoms with Crippen LogP contribution < -0.4 is 0 Å². The van der Waals surface area contributed by atoms with Crippen molar-refractivity contribution in [3.05, 3.63) is 60.4 Å². The lowest BCUT2D eigenvalue weighted by molar-refractivity contribution is 0.113. The van der Waals surface area contributed by atoms with Gasteiger partial charge in [0.2, 0.25) is 0 Å². The third kappa shape index (κ3) is 3.64. The van der Waals surface area contributed by atoms with Gasteiger partial charge in [0.1, 0.15) is 5.82 Å². The zero-order valence-electron chi connectivity index (χ0n) is 12.7. The second-order valence-corrected chi connectivity index (χ2v) is 6.12. The first-order chi connectivity index (χ1) is 11.7. The van der Waals surface area contributed by atoms with E-state index in [9.17, 15) is 9.50 Å². The van der Waals surface area contributed by atoms with Crippen LogP contribution in [0.1, 0.15) is 0 Å². The van der Waals surface area contributed by atoms with Crippen LogP contribution in [0.15, 0.2) is 59.8 Å². The van der Waals surface area contributed by atoms with Crippen molar-refractivity contribution in [3.8, 4) is 17.1 Å². The molecule has 5 nitrogen and oxygen atoms in total. The first-order valence-corrected chi connectivity index (χ1v) is 8.36. The molecule has 24 heavy (non-hydrogen) atoms. The molecule has 0 saturated heterocycles. The largest absolute Gasteiger partial charge is 0.394 e. The third-order valence-electron chi connectivity index (χ3n) is 3.37. The zero-order chi connectivity index (χ0) is 16.9. The lowest BCUT2D eigenvalue weighted by Crippen LogP contribution is -2.15. The zero-order valence-corrected chi connectivity index (χ0v) is 13.5. The minimum absolute atomic E-state index is 0.282. The van der Waals surface area contributed by atoms with Crippen molar-refractivity contribution in [2.24, 2.45) is 0 Å². The van der Waals surface area contributed by atoms with Gasteiger partial charge < -0.3 is 10.2 Å². The fourth-order valence-electron chi connectivity index (χ4n) is 2.18. The molecule has 0 fully saturated rings. The van der Waals surface area contributed by atoms with E-state index in [4.69, 9.17) is 5.11 Å². The summed E-state index contributed by atoms with van der Waals surface area (Å²) >= 11 is 1.28. The third-order valence-corrected chi connectivity index (χ3v) is 4.44. The number of benzene rings is 2. The van der Waals surface area contributed by atoms with E-state index in [0.717, 1.165) is 11.3 Å². The van der Waals surface area contributed by atoms with Gasteiger partial charge >= 0.3 is 0 Å². The lowest BCUT2D eigenvalue weighted by atomic mass is 10.2. The molecular weight excluding hydrogens is 329 g/mol. The molecule has 1 unspecified atom stereocenters. The van der Waals surface area contributed by atoms with Crippen molar-refractivity contribution in [3.63, 3.8) is 0 Å². The van der Waals surface area contributed by atoms with Crippen LogP contribution in [0, 0.1) is 5.82 Å². The first kappa shape index (κ1) is 16.6. The first-order valence-electron chi connectivity index (χ1n) is 7.37. The van der Waals surface area contributed by atoms with Crippen molar-refractivity contribution >= 4 is 11.8 Å². The van der Waals surface area contributed by atoms with Crippen LogP contribution in [-0.4, -0.2) is 43.4 Å². The average Bonchev–Trinajstić information content (AvgIpc) is 3.05. The van der Waals surface area contributed by atoms with Crippen molar-refractivity contribution in [2.75, 3.05) is 12.4 Å². The van der Waals surface area contributed by atoms with Crippen molar-refractivity contribution in [2.45, 2.75) is 11.3 Å². The maximum atomic E-state index is 13.2. The Labute approximate surface area is 142 Å². The second kappa shape index (κ2) is 7.57. The number of aliphatic hydroxyl groups excluding tert-OH is 2. The molecule has 1 atom stereocenters. The highest BCUT2D eigenvalue weighted by molar-refractivity contribution is 7.99. The number of aliphatic hydroxyl groups is 2. The van der Waals surface area contributed by atoms with Crippen LogP contribution in [0.5, 0.6) is 0 Å². The number of rotatable bonds is 6. The number of halogens is 1. The van der Waals surface area contributed by atoms with Gasteiger partial charge in [-0.15, -0.1) is 10.2 Å². The fraction of sp³-hybridized carbons (Fsp3) is 0.176.